The van der Waals surface area contributed by atoms with E-state index in [0.29, 0.717) is 54.1 Å². The van der Waals surface area contributed by atoms with Gasteiger partial charge < -0.3 is 15.2 Å². The first-order chi connectivity index (χ1) is 19.7. The van der Waals surface area contributed by atoms with Crippen LogP contribution in [-0.2, 0) is 6.54 Å². The van der Waals surface area contributed by atoms with Gasteiger partial charge >= 0.3 is 0 Å². The van der Waals surface area contributed by atoms with E-state index in [1.807, 2.05) is 97.8 Å². The van der Waals surface area contributed by atoms with E-state index in [1.54, 1.807) is 18.2 Å². The van der Waals surface area contributed by atoms with Gasteiger partial charge in [-0.3, -0.25) is 9.59 Å². The summed E-state index contributed by atoms with van der Waals surface area (Å²) in [5.41, 5.74) is 10.5. The minimum Gasteiger partial charge on any atom is -0.330 e. The van der Waals surface area contributed by atoms with E-state index in [1.165, 1.54) is 0 Å². The minimum atomic E-state index is -0.482. The van der Waals surface area contributed by atoms with Crippen LogP contribution in [0.3, 0.4) is 0 Å². The highest BCUT2D eigenvalue weighted by Gasteiger charge is 2.33. The average molecular weight is 548 g/mol. The van der Waals surface area contributed by atoms with Gasteiger partial charge in [-0.25, -0.2) is 0 Å². The van der Waals surface area contributed by atoms with Crippen molar-refractivity contribution in [3.63, 3.8) is 0 Å². The number of nitrogens with zero attached hydrogens (tertiary/aromatic N) is 4. The van der Waals surface area contributed by atoms with Crippen LogP contribution < -0.4 is 11.3 Å². The van der Waals surface area contributed by atoms with Gasteiger partial charge in [0.05, 0.1) is 23.2 Å². The highest BCUT2D eigenvalue weighted by Crippen LogP contribution is 2.32. The molecule has 1 atom stereocenters. The summed E-state index contributed by atoms with van der Waals surface area (Å²) in [5, 5.41) is 9.47. The van der Waals surface area contributed by atoms with Gasteiger partial charge in [-0.15, -0.1) is 0 Å². The first-order valence-corrected chi connectivity index (χ1v) is 14.0. The van der Waals surface area contributed by atoms with E-state index in [9.17, 15) is 14.9 Å². The summed E-state index contributed by atoms with van der Waals surface area (Å²) in [5.74, 6) is 0.355. The van der Waals surface area contributed by atoms with Gasteiger partial charge in [0.15, 0.2) is 0 Å². The average Bonchev–Trinajstić information content (AvgIpc) is 2.97. The van der Waals surface area contributed by atoms with Crippen molar-refractivity contribution in [2.75, 3.05) is 13.1 Å². The molecule has 1 aromatic heterocycles. The monoisotopic (exact) mass is 547 g/mol. The summed E-state index contributed by atoms with van der Waals surface area (Å²) in [4.78, 5) is 34.3. The van der Waals surface area contributed by atoms with Crippen molar-refractivity contribution in [2.45, 2.75) is 46.7 Å². The lowest BCUT2D eigenvalue weighted by molar-refractivity contribution is 0.0602. The number of rotatable bonds is 10. The second-order valence-electron chi connectivity index (χ2n) is 10.7. The third-order valence-corrected chi connectivity index (χ3v) is 7.33. The van der Waals surface area contributed by atoms with E-state index in [0.717, 1.165) is 16.8 Å². The van der Waals surface area contributed by atoms with Crippen molar-refractivity contribution in [3.05, 3.63) is 123 Å². The number of aryl methyl sites for hydroxylation is 1. The van der Waals surface area contributed by atoms with Crippen molar-refractivity contribution < 1.29 is 4.79 Å². The highest BCUT2D eigenvalue weighted by molar-refractivity contribution is 5.94. The fourth-order valence-corrected chi connectivity index (χ4v) is 5.24. The molecule has 0 saturated heterocycles. The number of carbonyl (C=O) groups is 1. The maximum atomic E-state index is 14.0. The molecule has 0 aliphatic heterocycles. The number of amides is 1. The molecule has 0 aliphatic carbocycles. The molecule has 41 heavy (non-hydrogen) atoms. The van der Waals surface area contributed by atoms with Crippen molar-refractivity contribution in [2.24, 2.45) is 11.7 Å². The molecule has 7 heteroatoms. The van der Waals surface area contributed by atoms with Gasteiger partial charge in [0.1, 0.15) is 5.82 Å². The van der Waals surface area contributed by atoms with Gasteiger partial charge in [0.25, 0.3) is 11.5 Å². The number of nitrogens with two attached hydrogens (primary N) is 1. The third kappa shape index (κ3) is 6.62. The maximum absolute atomic E-state index is 14.0. The molecule has 1 unspecified atom stereocenters. The van der Waals surface area contributed by atoms with Gasteiger partial charge in [-0.1, -0.05) is 74.0 Å². The Hall–Kier alpha value is -4.54. The van der Waals surface area contributed by atoms with Crippen LogP contribution in [-0.4, -0.2) is 33.4 Å². The lowest BCUT2D eigenvalue weighted by Crippen LogP contribution is -2.42. The third-order valence-electron chi connectivity index (χ3n) is 7.33. The van der Waals surface area contributed by atoms with Crippen LogP contribution in [0, 0.1) is 31.1 Å². The van der Waals surface area contributed by atoms with Crippen LogP contribution in [0.5, 0.6) is 0 Å². The largest absolute Gasteiger partial charge is 0.330 e. The summed E-state index contributed by atoms with van der Waals surface area (Å²) < 4.78 is 2.05. The molecule has 0 spiro atoms. The highest BCUT2D eigenvalue weighted by atomic mass is 16.2. The Labute approximate surface area is 241 Å². The van der Waals surface area contributed by atoms with E-state index in [2.05, 4.69) is 6.07 Å². The molecule has 4 rings (SSSR count). The number of nitriles is 1. The first kappa shape index (κ1) is 29.4. The zero-order valence-electron chi connectivity index (χ0n) is 24.2. The summed E-state index contributed by atoms with van der Waals surface area (Å²) in [7, 11) is 0. The minimum absolute atomic E-state index is 0.0525. The number of benzene rings is 3. The van der Waals surface area contributed by atoms with Crippen molar-refractivity contribution in [3.8, 4) is 17.2 Å². The second-order valence-corrected chi connectivity index (χ2v) is 10.7. The number of hydrogen-bond acceptors (Lipinski definition) is 5. The number of aromatic nitrogens is 2. The Morgan fingerprint density at radius 1 is 1.02 bits per heavy atom. The molecule has 1 amide bonds. The fourth-order valence-electron chi connectivity index (χ4n) is 5.24. The number of hydrogen-bond donors (Lipinski definition) is 1. The van der Waals surface area contributed by atoms with Gasteiger partial charge in [-0.05, 0) is 68.1 Å². The van der Waals surface area contributed by atoms with Gasteiger partial charge in [0.2, 0.25) is 0 Å². The maximum Gasteiger partial charge on any atom is 0.281 e. The van der Waals surface area contributed by atoms with Crippen LogP contribution in [0.4, 0.5) is 0 Å². The lowest BCUT2D eigenvalue weighted by atomic mass is 9.97. The lowest BCUT2D eigenvalue weighted by Gasteiger charge is -2.36. The zero-order chi connectivity index (χ0) is 29.5. The predicted molar refractivity (Wildman–Crippen MR) is 162 cm³/mol. The summed E-state index contributed by atoms with van der Waals surface area (Å²) >= 11 is 0. The standard InChI is InChI=1S/C34H37N5O2/c1-23(2)31(38(19-9-18-35)34(41)28-16-14-24(3)15-17-28)32-37-33(40)30(29-13-8-12-27(20-29)21-36)25(4)39(32)22-26-10-6-5-7-11-26/h5-8,10-17,20,23,31H,9,18-19,22,35H2,1-4H3. The van der Waals surface area contributed by atoms with E-state index in [-0.39, 0.29) is 17.4 Å². The summed E-state index contributed by atoms with van der Waals surface area (Å²) in [6.45, 7) is 9.31. The SMILES string of the molecule is Cc1ccc(C(=O)N(CCCN)C(c2nc(=O)c(-c3cccc(C#N)c3)c(C)n2Cc2ccccc2)C(C)C)cc1. The Bertz CT molecular complexity index is 1600. The smallest absolute Gasteiger partial charge is 0.281 e. The molecule has 2 N–H and O–H groups in total. The quantitative estimate of drug-likeness (QED) is 0.277. The topological polar surface area (TPSA) is 105 Å². The van der Waals surface area contributed by atoms with E-state index in [4.69, 9.17) is 10.7 Å². The Morgan fingerprint density at radius 2 is 1.73 bits per heavy atom. The van der Waals surface area contributed by atoms with Crippen molar-refractivity contribution >= 4 is 5.91 Å². The molecule has 0 radical (unpaired) electrons. The number of carbonyl (C=O) groups excluding carboxylic acids is 1. The fraction of sp³-hybridized carbons (Fsp3) is 0.294. The Kier molecular flexibility index (Phi) is 9.49. The molecular weight excluding hydrogens is 510 g/mol. The molecule has 3 aromatic carbocycles. The Morgan fingerprint density at radius 3 is 2.37 bits per heavy atom. The zero-order valence-corrected chi connectivity index (χ0v) is 24.2. The second kappa shape index (κ2) is 13.2. The van der Waals surface area contributed by atoms with E-state index >= 15 is 0 Å². The summed E-state index contributed by atoms with van der Waals surface area (Å²) in [6, 6.07) is 26.2. The van der Waals surface area contributed by atoms with Crippen LogP contribution in [0.15, 0.2) is 83.7 Å². The molecule has 1 heterocycles. The first-order valence-electron chi connectivity index (χ1n) is 14.0. The van der Waals surface area contributed by atoms with Crippen LogP contribution in [0.2, 0.25) is 0 Å². The molecule has 0 aliphatic rings. The Balaban J connectivity index is 1.95. The van der Waals surface area contributed by atoms with Crippen LogP contribution in [0.25, 0.3) is 11.1 Å². The van der Waals surface area contributed by atoms with Crippen LogP contribution in [0.1, 0.15) is 64.9 Å². The van der Waals surface area contributed by atoms with Crippen molar-refractivity contribution in [1.29, 1.82) is 5.26 Å². The molecule has 210 valence electrons. The van der Waals surface area contributed by atoms with Crippen LogP contribution >= 0.6 is 0 Å². The molecule has 0 saturated carbocycles. The molecule has 0 fully saturated rings. The van der Waals surface area contributed by atoms with E-state index < -0.39 is 6.04 Å². The van der Waals surface area contributed by atoms with Gasteiger partial charge in [0, 0.05) is 24.3 Å². The normalized spacial score (nSPS) is 11.7. The molecule has 7 nitrogen and oxygen atoms in total. The molecular formula is C34H37N5O2. The predicted octanol–water partition coefficient (Wildman–Crippen LogP) is 5.64. The van der Waals surface area contributed by atoms with Crippen molar-refractivity contribution in [1.82, 2.24) is 14.5 Å². The van der Waals surface area contributed by atoms with Gasteiger partial charge in [-0.2, -0.15) is 10.2 Å². The molecule has 0 bridgehead atoms. The summed E-state index contributed by atoms with van der Waals surface area (Å²) in [6.07, 6.45) is 0.613. The molecule has 4 aromatic rings.